The number of aromatic nitrogens is 1. The zero-order valence-corrected chi connectivity index (χ0v) is 10.6. The van der Waals surface area contributed by atoms with Crippen molar-refractivity contribution in [1.29, 1.82) is 0 Å². The first-order valence-corrected chi connectivity index (χ1v) is 8.07. The molecule has 1 rings (SSSR count). The maximum atomic E-state index is 11.8. The van der Waals surface area contributed by atoms with Crippen molar-refractivity contribution in [3.8, 4) is 0 Å². The summed E-state index contributed by atoms with van der Waals surface area (Å²) in [6.45, 7) is 0. The van der Waals surface area contributed by atoms with Gasteiger partial charge in [-0.25, -0.2) is 9.19 Å². The summed E-state index contributed by atoms with van der Waals surface area (Å²) in [5.74, 6) is 0. The van der Waals surface area contributed by atoms with Crippen LogP contribution in [0.1, 0.15) is 0 Å². The Hall–Kier alpha value is -0.370. The minimum Gasteiger partial charge on any atom is -0.245 e. The van der Waals surface area contributed by atoms with E-state index in [-0.39, 0.29) is 5.03 Å². The molecule has 0 saturated heterocycles. The summed E-state index contributed by atoms with van der Waals surface area (Å²) in [4.78, 5) is 3.71. The summed E-state index contributed by atoms with van der Waals surface area (Å²) in [6, 6.07) is 2.76. The van der Waals surface area contributed by atoms with Crippen molar-refractivity contribution in [2.45, 2.75) is 5.03 Å². The molecule has 0 fully saturated rings. The van der Waals surface area contributed by atoms with Gasteiger partial charge in [-0.1, -0.05) is 15.4 Å². The van der Waals surface area contributed by atoms with Gasteiger partial charge in [-0.2, -0.15) is 8.42 Å². The topological polar surface area (TPSA) is 76.5 Å². The zero-order chi connectivity index (χ0) is 11.7. The third-order valence-electron chi connectivity index (χ3n) is 1.32. The lowest BCUT2D eigenvalue weighted by molar-refractivity contribution is 0.611. The van der Waals surface area contributed by atoms with E-state index in [0.717, 1.165) is 6.26 Å². The Morgan fingerprint density at radius 2 is 1.93 bits per heavy atom. The molecule has 1 aromatic rings. The van der Waals surface area contributed by atoms with E-state index in [1.807, 2.05) is 0 Å². The monoisotopic (exact) mass is 288 g/mol. The quantitative estimate of drug-likeness (QED) is 0.776. The van der Waals surface area contributed by atoms with E-state index in [9.17, 15) is 12.6 Å². The van der Waals surface area contributed by atoms with Gasteiger partial charge in [-0.3, -0.25) is 0 Å². The highest BCUT2D eigenvalue weighted by molar-refractivity contribution is 8.17. The molecule has 0 aliphatic rings. The molecule has 0 saturated carbocycles. The van der Waals surface area contributed by atoms with Crippen LogP contribution in [0.4, 0.5) is 0 Å². The number of halogens is 2. The van der Waals surface area contributed by atoms with Gasteiger partial charge in [-0.05, 0) is 12.1 Å². The van der Waals surface area contributed by atoms with Crippen LogP contribution in [0.25, 0.3) is 0 Å². The zero-order valence-electron chi connectivity index (χ0n) is 7.42. The van der Waals surface area contributed by atoms with E-state index < -0.39 is 19.0 Å². The fourth-order valence-corrected chi connectivity index (χ4v) is 4.11. The van der Waals surface area contributed by atoms with Crippen molar-refractivity contribution in [2.75, 3.05) is 6.26 Å². The predicted octanol–water partition coefficient (Wildman–Crippen LogP) is 1.68. The van der Waals surface area contributed by atoms with Crippen LogP contribution in [0.15, 0.2) is 27.1 Å². The minimum absolute atomic E-state index is 0.0103. The fraction of sp³-hybridized carbons (Fsp3) is 0.167. The highest BCUT2D eigenvalue weighted by atomic mass is 35.7. The smallest absolute Gasteiger partial charge is 0.245 e. The molecule has 0 aliphatic heterocycles. The molecular weight excluding hydrogens is 283 g/mol. The molecule has 9 heteroatoms. The average Bonchev–Trinajstić information content (AvgIpc) is 2.00. The molecule has 0 spiro atoms. The highest BCUT2D eigenvalue weighted by Crippen LogP contribution is 2.14. The molecule has 0 N–H and O–H groups in total. The average molecular weight is 289 g/mol. The number of rotatable bonds is 2. The Morgan fingerprint density at radius 3 is 2.33 bits per heavy atom. The maximum Gasteiger partial charge on any atom is 0.347 e. The number of hydrogen-bond acceptors (Lipinski definition) is 4. The molecule has 84 valence electrons. The fourth-order valence-electron chi connectivity index (χ4n) is 0.794. The molecule has 0 bridgehead atoms. The van der Waals surface area contributed by atoms with Crippen LogP contribution >= 0.6 is 22.3 Å². The second-order valence-electron chi connectivity index (χ2n) is 2.60. The molecule has 1 aromatic heterocycles. The van der Waals surface area contributed by atoms with Gasteiger partial charge in [0.15, 0.2) is 0 Å². The highest BCUT2D eigenvalue weighted by Gasteiger charge is 2.12. The maximum absolute atomic E-state index is 11.8. The molecule has 0 aromatic carbocycles. The van der Waals surface area contributed by atoms with Crippen molar-refractivity contribution >= 4 is 41.2 Å². The Bertz CT molecular complexity index is 573. The van der Waals surface area contributed by atoms with Crippen LogP contribution in [0.2, 0.25) is 5.02 Å². The molecule has 15 heavy (non-hydrogen) atoms. The third kappa shape index (κ3) is 3.94. The Morgan fingerprint density at radius 1 is 1.33 bits per heavy atom. The van der Waals surface area contributed by atoms with Gasteiger partial charge < -0.3 is 0 Å². The Labute approximate surface area is 97.2 Å². The second kappa shape index (κ2) is 4.25. The van der Waals surface area contributed by atoms with Crippen molar-refractivity contribution < 1.29 is 12.6 Å². The van der Waals surface area contributed by atoms with Gasteiger partial charge in [0.05, 0.1) is 5.02 Å². The SMILES string of the molecule is C[S@@](=O)(=NS(=O)(=O)Cl)c1ccc(Cl)cn1. The number of pyridine rings is 1. The van der Waals surface area contributed by atoms with Crippen molar-refractivity contribution in [2.24, 2.45) is 3.77 Å². The summed E-state index contributed by atoms with van der Waals surface area (Å²) in [6.07, 6.45) is 2.37. The van der Waals surface area contributed by atoms with Gasteiger partial charge in [0, 0.05) is 23.1 Å². The van der Waals surface area contributed by atoms with Crippen LogP contribution in [-0.4, -0.2) is 23.9 Å². The Balaban J connectivity index is 3.36. The van der Waals surface area contributed by atoms with Crippen molar-refractivity contribution in [1.82, 2.24) is 4.98 Å². The molecule has 0 aliphatic carbocycles. The van der Waals surface area contributed by atoms with Gasteiger partial charge >= 0.3 is 9.24 Å². The van der Waals surface area contributed by atoms with E-state index in [1.54, 1.807) is 0 Å². The normalized spacial score (nSPS) is 15.7. The van der Waals surface area contributed by atoms with E-state index in [2.05, 4.69) is 8.75 Å². The Kier molecular flexibility index (Phi) is 3.59. The molecule has 1 atom stereocenters. The van der Waals surface area contributed by atoms with Crippen molar-refractivity contribution in [3.63, 3.8) is 0 Å². The van der Waals surface area contributed by atoms with Gasteiger partial charge in [-0.15, -0.1) is 0 Å². The lowest BCUT2D eigenvalue weighted by Gasteiger charge is -2.00. The van der Waals surface area contributed by atoms with Gasteiger partial charge in [0.1, 0.15) is 14.8 Å². The van der Waals surface area contributed by atoms with E-state index >= 15 is 0 Å². The molecule has 1 heterocycles. The van der Waals surface area contributed by atoms with Crippen LogP contribution in [0, 0.1) is 0 Å². The minimum atomic E-state index is -4.19. The summed E-state index contributed by atoms with van der Waals surface area (Å²) in [7, 11) is -2.47. The largest absolute Gasteiger partial charge is 0.347 e. The van der Waals surface area contributed by atoms with E-state index in [0.29, 0.717) is 5.02 Å². The summed E-state index contributed by atoms with van der Waals surface area (Å²) < 4.78 is 36.1. The van der Waals surface area contributed by atoms with Crippen LogP contribution in [-0.2, 0) is 19.0 Å². The van der Waals surface area contributed by atoms with Gasteiger partial charge in [0.25, 0.3) is 0 Å². The van der Waals surface area contributed by atoms with Crippen LogP contribution in [0.5, 0.6) is 0 Å². The summed E-state index contributed by atoms with van der Waals surface area (Å²) >= 11 is 5.56. The van der Waals surface area contributed by atoms with Crippen molar-refractivity contribution in [3.05, 3.63) is 23.4 Å². The van der Waals surface area contributed by atoms with E-state index in [4.69, 9.17) is 22.3 Å². The van der Waals surface area contributed by atoms with Crippen LogP contribution < -0.4 is 0 Å². The number of hydrogen-bond donors (Lipinski definition) is 0. The standard InChI is InChI=1S/C6H6Cl2N2O3S2/c1-14(11,10-15(8,12)13)6-3-2-5(7)4-9-6/h2-4H,1H3/t14-/m0/s1. The van der Waals surface area contributed by atoms with Crippen LogP contribution in [0.3, 0.4) is 0 Å². The predicted molar refractivity (Wildman–Crippen MR) is 58.8 cm³/mol. The lowest BCUT2D eigenvalue weighted by Crippen LogP contribution is -2.02. The summed E-state index contributed by atoms with van der Waals surface area (Å²) in [5.41, 5.74) is 0. The van der Waals surface area contributed by atoms with E-state index in [1.165, 1.54) is 18.3 Å². The molecule has 0 amide bonds. The second-order valence-corrected chi connectivity index (χ2v) is 7.65. The lowest BCUT2D eigenvalue weighted by atomic mass is 10.5. The molecule has 0 unspecified atom stereocenters. The molecule has 0 radical (unpaired) electrons. The first kappa shape index (κ1) is 12.7. The van der Waals surface area contributed by atoms with Gasteiger partial charge in [0.2, 0.25) is 0 Å². The first-order chi connectivity index (χ1) is 6.71. The molecular formula is C6H6Cl2N2O3S2. The molecule has 5 nitrogen and oxygen atoms in total. The third-order valence-corrected chi connectivity index (χ3v) is 4.92. The first-order valence-electron chi connectivity index (χ1n) is 3.50. The number of nitrogens with zero attached hydrogens (tertiary/aromatic N) is 2. The summed E-state index contributed by atoms with van der Waals surface area (Å²) in [5, 5.41) is 0.360.